The van der Waals surface area contributed by atoms with Crippen molar-refractivity contribution in [2.75, 3.05) is 19.8 Å². The molecule has 0 amide bonds. The van der Waals surface area contributed by atoms with Gasteiger partial charge in [0.15, 0.2) is 0 Å². The predicted octanol–water partition coefficient (Wildman–Crippen LogP) is 1.19. The highest BCUT2D eigenvalue weighted by atomic mass is 16.5. The summed E-state index contributed by atoms with van der Waals surface area (Å²) < 4.78 is 7.20. The Morgan fingerprint density at radius 1 is 1.59 bits per heavy atom. The predicted molar refractivity (Wildman–Crippen MR) is 62.7 cm³/mol. The Kier molecular flexibility index (Phi) is 4.07. The molecule has 17 heavy (non-hydrogen) atoms. The minimum absolute atomic E-state index is 0.486. The zero-order chi connectivity index (χ0) is 12.1. The van der Waals surface area contributed by atoms with E-state index in [2.05, 4.69) is 10.1 Å². The zero-order valence-electron chi connectivity index (χ0n) is 10.1. The Bertz CT molecular complexity index is 415. The Morgan fingerprint density at radius 3 is 3.06 bits per heavy atom. The van der Waals surface area contributed by atoms with E-state index < -0.39 is 0 Å². The second kappa shape index (κ2) is 5.75. The minimum atomic E-state index is 0.486. The Labute approximate surface area is 100 Å². The van der Waals surface area contributed by atoms with Gasteiger partial charge in [-0.2, -0.15) is 5.10 Å². The van der Waals surface area contributed by atoms with Crippen LogP contribution in [0.3, 0.4) is 0 Å². The number of hydrogen-bond acceptors (Lipinski definition) is 4. The Hall–Kier alpha value is -1.45. The number of isocyanates is 1. The number of rotatable bonds is 4. The number of aryl methyl sites for hydroxylation is 1. The third-order valence-electron chi connectivity index (χ3n) is 3.10. The quantitative estimate of drug-likeness (QED) is 0.582. The molecule has 92 valence electrons. The molecule has 1 aliphatic rings. The molecule has 1 saturated heterocycles. The fourth-order valence-corrected chi connectivity index (χ4v) is 2.28. The number of hydrogen-bond donors (Lipinski definition) is 0. The molecule has 0 radical (unpaired) electrons. The van der Waals surface area contributed by atoms with Crippen molar-refractivity contribution in [3.63, 3.8) is 0 Å². The lowest BCUT2D eigenvalue weighted by molar-refractivity contribution is 0.0842. The molecule has 1 aromatic rings. The normalized spacial score (nSPS) is 16.8. The maximum absolute atomic E-state index is 10.1. The monoisotopic (exact) mass is 235 g/mol. The van der Waals surface area contributed by atoms with E-state index in [1.54, 1.807) is 6.08 Å². The van der Waals surface area contributed by atoms with Crippen molar-refractivity contribution in [3.8, 4) is 0 Å². The van der Waals surface area contributed by atoms with Crippen molar-refractivity contribution in [1.29, 1.82) is 0 Å². The van der Waals surface area contributed by atoms with Crippen LogP contribution < -0.4 is 0 Å². The molecule has 0 aromatic carbocycles. The van der Waals surface area contributed by atoms with Gasteiger partial charge in [-0.25, -0.2) is 9.79 Å². The largest absolute Gasteiger partial charge is 0.381 e. The van der Waals surface area contributed by atoms with Crippen molar-refractivity contribution in [1.82, 2.24) is 9.78 Å². The number of nitrogens with zero attached hydrogens (tertiary/aromatic N) is 3. The second-order valence-electron chi connectivity index (χ2n) is 4.32. The first-order valence-corrected chi connectivity index (χ1v) is 5.95. The molecule has 0 N–H and O–H groups in total. The van der Waals surface area contributed by atoms with E-state index in [-0.39, 0.29) is 0 Å². The highest BCUT2D eigenvalue weighted by Gasteiger charge is 2.21. The van der Waals surface area contributed by atoms with Gasteiger partial charge in [-0.3, -0.25) is 4.68 Å². The number of carbonyl (C=O) groups excluding carboxylic acids is 1. The van der Waals surface area contributed by atoms with Crippen molar-refractivity contribution < 1.29 is 9.53 Å². The fraction of sp³-hybridized carbons (Fsp3) is 0.667. The molecule has 0 saturated carbocycles. The lowest BCUT2D eigenvalue weighted by Crippen LogP contribution is -2.16. The summed E-state index contributed by atoms with van der Waals surface area (Å²) in [5, 5.41) is 4.53. The van der Waals surface area contributed by atoms with Crippen LogP contribution in [0.1, 0.15) is 30.0 Å². The van der Waals surface area contributed by atoms with Crippen molar-refractivity contribution in [3.05, 3.63) is 17.5 Å². The van der Waals surface area contributed by atoms with E-state index in [0.29, 0.717) is 12.5 Å². The van der Waals surface area contributed by atoms with Crippen LogP contribution in [0.25, 0.3) is 0 Å². The van der Waals surface area contributed by atoms with Crippen molar-refractivity contribution >= 4 is 6.08 Å². The summed E-state index contributed by atoms with van der Waals surface area (Å²) >= 11 is 0. The summed E-state index contributed by atoms with van der Waals surface area (Å²) in [6.45, 7) is 2.12. The van der Waals surface area contributed by atoms with Gasteiger partial charge in [-0.05, 0) is 24.8 Å². The van der Waals surface area contributed by atoms with Gasteiger partial charge in [0, 0.05) is 32.4 Å². The topological polar surface area (TPSA) is 56.5 Å². The Morgan fingerprint density at radius 2 is 2.35 bits per heavy atom. The molecular formula is C12H17N3O2. The van der Waals surface area contributed by atoms with Crippen molar-refractivity contribution in [2.45, 2.75) is 25.2 Å². The molecule has 0 aliphatic carbocycles. The van der Waals surface area contributed by atoms with Gasteiger partial charge in [0.2, 0.25) is 6.08 Å². The van der Waals surface area contributed by atoms with Crippen LogP contribution >= 0.6 is 0 Å². The van der Waals surface area contributed by atoms with E-state index in [1.165, 1.54) is 5.56 Å². The lowest BCUT2D eigenvalue weighted by Gasteiger charge is -2.21. The molecule has 2 rings (SSSR count). The van der Waals surface area contributed by atoms with E-state index in [9.17, 15) is 4.79 Å². The van der Waals surface area contributed by atoms with E-state index in [4.69, 9.17) is 4.74 Å². The van der Waals surface area contributed by atoms with Crippen LogP contribution in [-0.4, -0.2) is 35.6 Å². The van der Waals surface area contributed by atoms with Crippen molar-refractivity contribution in [2.24, 2.45) is 12.0 Å². The molecule has 0 unspecified atom stereocenters. The van der Waals surface area contributed by atoms with Gasteiger partial charge < -0.3 is 4.74 Å². The first-order chi connectivity index (χ1) is 8.31. The van der Waals surface area contributed by atoms with Gasteiger partial charge in [0.1, 0.15) is 0 Å². The second-order valence-corrected chi connectivity index (χ2v) is 4.32. The van der Waals surface area contributed by atoms with Gasteiger partial charge in [-0.1, -0.05) is 0 Å². The first-order valence-electron chi connectivity index (χ1n) is 5.95. The highest BCUT2D eigenvalue weighted by molar-refractivity contribution is 5.33. The van der Waals surface area contributed by atoms with Crippen LogP contribution in [-0.2, 0) is 23.0 Å². The van der Waals surface area contributed by atoms with Gasteiger partial charge in [0.25, 0.3) is 0 Å². The molecule has 1 fully saturated rings. The molecule has 5 heteroatoms. The zero-order valence-corrected chi connectivity index (χ0v) is 10.1. The third kappa shape index (κ3) is 3.02. The molecule has 2 heterocycles. The SMILES string of the molecule is Cn1cc(CCN=C=O)c(C2CCOCC2)n1. The number of ether oxygens (including phenoxy) is 1. The first kappa shape index (κ1) is 12.0. The maximum atomic E-state index is 10.1. The average Bonchev–Trinajstić information content (AvgIpc) is 2.72. The van der Waals surface area contributed by atoms with Gasteiger partial charge >= 0.3 is 0 Å². The molecule has 0 spiro atoms. The average molecular weight is 235 g/mol. The van der Waals surface area contributed by atoms with Crippen LogP contribution in [0.4, 0.5) is 0 Å². The number of aliphatic imine (C=N–C) groups is 1. The molecule has 0 atom stereocenters. The Balaban J connectivity index is 2.11. The number of aromatic nitrogens is 2. The lowest BCUT2D eigenvalue weighted by atomic mass is 9.93. The summed E-state index contributed by atoms with van der Waals surface area (Å²) in [4.78, 5) is 13.7. The summed E-state index contributed by atoms with van der Waals surface area (Å²) in [5.74, 6) is 0.486. The van der Waals surface area contributed by atoms with Crippen LogP contribution in [0.5, 0.6) is 0 Å². The standard InChI is InChI=1S/C12H17N3O2/c1-15-8-11(2-5-13-9-16)12(14-15)10-3-6-17-7-4-10/h8,10H,2-7H2,1H3. The molecule has 0 bridgehead atoms. The smallest absolute Gasteiger partial charge is 0.234 e. The van der Waals surface area contributed by atoms with Gasteiger partial charge in [-0.15, -0.1) is 0 Å². The molecule has 5 nitrogen and oxygen atoms in total. The van der Waals surface area contributed by atoms with E-state index in [1.807, 2.05) is 17.9 Å². The molecule has 1 aromatic heterocycles. The van der Waals surface area contributed by atoms with E-state index >= 15 is 0 Å². The minimum Gasteiger partial charge on any atom is -0.381 e. The highest BCUT2D eigenvalue weighted by Crippen LogP contribution is 2.28. The van der Waals surface area contributed by atoms with Crippen LogP contribution in [0, 0.1) is 0 Å². The molecule has 1 aliphatic heterocycles. The van der Waals surface area contributed by atoms with Crippen LogP contribution in [0.15, 0.2) is 11.2 Å². The summed E-state index contributed by atoms with van der Waals surface area (Å²) in [6.07, 6.45) is 6.41. The van der Waals surface area contributed by atoms with Crippen LogP contribution in [0.2, 0.25) is 0 Å². The summed E-state index contributed by atoms with van der Waals surface area (Å²) in [7, 11) is 1.93. The maximum Gasteiger partial charge on any atom is 0.234 e. The van der Waals surface area contributed by atoms with E-state index in [0.717, 1.165) is 38.2 Å². The van der Waals surface area contributed by atoms with Gasteiger partial charge in [0.05, 0.1) is 12.2 Å². The molecular weight excluding hydrogens is 218 g/mol. The third-order valence-corrected chi connectivity index (χ3v) is 3.10. The summed E-state index contributed by atoms with van der Waals surface area (Å²) in [5.41, 5.74) is 2.34. The fourth-order valence-electron chi connectivity index (χ4n) is 2.28. The summed E-state index contributed by atoms with van der Waals surface area (Å²) in [6, 6.07) is 0.